The van der Waals surface area contributed by atoms with Crippen LogP contribution in [0.2, 0.25) is 13.6 Å². The average Bonchev–Trinajstić information content (AvgIpc) is 3.17. The van der Waals surface area contributed by atoms with Gasteiger partial charge in [0, 0.05) is 50.2 Å². The average molecular weight is 391 g/mol. The third-order valence-corrected chi connectivity index (χ3v) is 5.49. The normalized spacial score (nSPS) is 16.8. The maximum absolute atomic E-state index is 11.7. The van der Waals surface area contributed by atoms with Crippen LogP contribution in [-0.2, 0) is 6.54 Å². The van der Waals surface area contributed by atoms with Crippen molar-refractivity contribution in [2.75, 3.05) is 18.4 Å². The van der Waals surface area contributed by atoms with Crippen molar-refractivity contribution in [1.29, 1.82) is 0 Å². The van der Waals surface area contributed by atoms with E-state index in [1.54, 1.807) is 11.1 Å². The van der Waals surface area contributed by atoms with E-state index in [0.29, 0.717) is 26.3 Å². The monoisotopic (exact) mass is 391 g/mol. The first-order valence-electron chi connectivity index (χ1n) is 10.1. The molecule has 1 unspecified atom stereocenters. The summed E-state index contributed by atoms with van der Waals surface area (Å²) >= 11 is 0. The van der Waals surface area contributed by atoms with Crippen molar-refractivity contribution in [3.63, 3.8) is 0 Å². The summed E-state index contributed by atoms with van der Waals surface area (Å²) in [6, 6.07) is 5.65. The summed E-state index contributed by atoms with van der Waals surface area (Å²) in [5.41, 5.74) is 9.56. The molecule has 2 amide bonds. The number of fused-ring (bicyclic) bond motifs is 1. The molecule has 0 aromatic carbocycles. The second-order valence-electron chi connectivity index (χ2n) is 7.89. The molecular weight excluding hydrogens is 365 g/mol. The van der Waals surface area contributed by atoms with Gasteiger partial charge in [0.1, 0.15) is 5.82 Å². The van der Waals surface area contributed by atoms with Gasteiger partial charge in [-0.3, -0.25) is 4.98 Å². The zero-order valence-corrected chi connectivity index (χ0v) is 16.9. The number of hydrogen-bond donors (Lipinski definition) is 2. The summed E-state index contributed by atoms with van der Waals surface area (Å²) in [5.74, 6) is 1.05. The zero-order valence-electron chi connectivity index (χ0n) is 16.9. The van der Waals surface area contributed by atoms with Gasteiger partial charge in [-0.2, -0.15) is 9.61 Å². The number of likely N-dealkylation sites (tertiary alicyclic amines) is 1. The lowest BCUT2D eigenvalue weighted by Crippen LogP contribution is -2.42. The number of nitrogens with one attached hydrogen (secondary N) is 1. The lowest BCUT2D eigenvalue weighted by molar-refractivity contribution is 0.188. The summed E-state index contributed by atoms with van der Waals surface area (Å²) < 4.78 is 1.86. The largest absolute Gasteiger partial charge is 0.366 e. The first-order valence-corrected chi connectivity index (χ1v) is 10.1. The highest BCUT2D eigenvalue weighted by Crippen LogP contribution is 2.28. The standard InChI is InChI=1S/C20H26BN7O/c1-21(2)16-12-25-28-18(24-11-14-5-3-7-23-10-14)9-17(26-19(16)28)15-6-4-8-27(13-15)20(22)29/h3,5,7,9-10,12,15,24H,4,6,8,11,13H2,1-2H3,(H2,22,29). The number of rotatable bonds is 5. The van der Waals surface area contributed by atoms with Crippen molar-refractivity contribution in [2.45, 2.75) is 39.0 Å². The summed E-state index contributed by atoms with van der Waals surface area (Å²) in [5, 5.41) is 8.06. The molecule has 0 bridgehead atoms. The Bertz CT molecular complexity index is 1000. The Balaban J connectivity index is 1.70. The summed E-state index contributed by atoms with van der Waals surface area (Å²) in [6.45, 7) is 6.56. The van der Waals surface area contributed by atoms with Crippen molar-refractivity contribution in [3.8, 4) is 0 Å². The molecule has 9 heteroatoms. The Morgan fingerprint density at radius 3 is 2.97 bits per heavy atom. The fraction of sp³-hybridized carbons (Fsp3) is 0.400. The molecule has 3 aromatic rings. The number of hydrogen-bond acceptors (Lipinski definition) is 5. The van der Waals surface area contributed by atoms with Crippen LogP contribution < -0.4 is 16.5 Å². The SMILES string of the molecule is CB(C)c1cnn2c(NCc3cccnc3)cc(C3CCCN(C(N)=O)C3)nc12. The Kier molecular flexibility index (Phi) is 5.37. The van der Waals surface area contributed by atoms with Gasteiger partial charge in [0.25, 0.3) is 0 Å². The number of carbonyl (C=O) groups is 1. The van der Waals surface area contributed by atoms with Crippen LogP contribution in [0.3, 0.4) is 0 Å². The van der Waals surface area contributed by atoms with Crippen molar-refractivity contribution in [2.24, 2.45) is 5.73 Å². The van der Waals surface area contributed by atoms with Crippen molar-refractivity contribution >= 4 is 29.7 Å². The van der Waals surface area contributed by atoms with Crippen LogP contribution in [-0.4, -0.2) is 50.3 Å². The topological polar surface area (TPSA) is 101 Å². The maximum Gasteiger partial charge on any atom is 0.314 e. The van der Waals surface area contributed by atoms with E-state index >= 15 is 0 Å². The van der Waals surface area contributed by atoms with Crippen LogP contribution >= 0.6 is 0 Å². The Morgan fingerprint density at radius 1 is 1.38 bits per heavy atom. The van der Waals surface area contributed by atoms with Crippen LogP contribution in [0.25, 0.3) is 5.65 Å². The molecule has 1 aliphatic rings. The van der Waals surface area contributed by atoms with Gasteiger partial charge in [0.2, 0.25) is 0 Å². The van der Waals surface area contributed by atoms with Crippen LogP contribution in [0.5, 0.6) is 0 Å². The minimum Gasteiger partial charge on any atom is -0.366 e. The summed E-state index contributed by atoms with van der Waals surface area (Å²) in [7, 11) is 0. The Hall–Kier alpha value is -3.10. The number of amides is 2. The molecule has 0 spiro atoms. The number of nitrogens with two attached hydrogens (primary N) is 1. The molecule has 4 rings (SSSR count). The molecule has 150 valence electrons. The van der Waals surface area contributed by atoms with Gasteiger partial charge in [0.15, 0.2) is 12.4 Å². The minimum absolute atomic E-state index is 0.162. The van der Waals surface area contributed by atoms with E-state index in [-0.39, 0.29) is 11.9 Å². The Morgan fingerprint density at radius 2 is 2.24 bits per heavy atom. The highest BCUT2D eigenvalue weighted by atomic mass is 16.2. The number of urea groups is 1. The molecular formula is C20H26BN7O. The molecule has 8 nitrogen and oxygen atoms in total. The molecule has 1 saturated heterocycles. The molecule has 0 radical (unpaired) electrons. The van der Waals surface area contributed by atoms with Gasteiger partial charge in [-0.05, 0) is 29.9 Å². The lowest BCUT2D eigenvalue weighted by Gasteiger charge is -2.31. The van der Waals surface area contributed by atoms with E-state index in [0.717, 1.165) is 41.0 Å². The highest BCUT2D eigenvalue weighted by Gasteiger charge is 2.26. The molecule has 1 aliphatic heterocycles. The zero-order chi connectivity index (χ0) is 20.4. The van der Waals surface area contributed by atoms with Gasteiger partial charge in [-0.1, -0.05) is 19.7 Å². The maximum atomic E-state index is 11.7. The number of piperidine rings is 1. The van der Waals surface area contributed by atoms with E-state index in [4.69, 9.17) is 10.7 Å². The molecule has 0 aliphatic carbocycles. The van der Waals surface area contributed by atoms with Gasteiger partial charge in [-0.25, -0.2) is 9.78 Å². The van der Waals surface area contributed by atoms with E-state index in [9.17, 15) is 4.79 Å². The molecule has 1 atom stereocenters. The molecule has 3 N–H and O–H groups in total. The van der Waals surface area contributed by atoms with E-state index in [1.807, 2.05) is 29.0 Å². The molecule has 29 heavy (non-hydrogen) atoms. The van der Waals surface area contributed by atoms with Gasteiger partial charge < -0.3 is 16.0 Å². The second-order valence-corrected chi connectivity index (χ2v) is 7.89. The van der Waals surface area contributed by atoms with Gasteiger partial charge >= 0.3 is 6.03 Å². The number of anilines is 1. The fourth-order valence-corrected chi connectivity index (χ4v) is 3.85. The van der Waals surface area contributed by atoms with Crippen molar-refractivity contribution in [3.05, 3.63) is 48.0 Å². The Labute approximate surface area is 170 Å². The van der Waals surface area contributed by atoms with Crippen molar-refractivity contribution in [1.82, 2.24) is 24.5 Å². The van der Waals surface area contributed by atoms with Crippen LogP contribution in [0.1, 0.15) is 30.0 Å². The third kappa shape index (κ3) is 4.04. The summed E-state index contributed by atoms with van der Waals surface area (Å²) in [6.07, 6.45) is 7.42. The van der Waals surface area contributed by atoms with Gasteiger partial charge in [-0.15, -0.1) is 0 Å². The first-order chi connectivity index (χ1) is 14.0. The fourth-order valence-electron chi connectivity index (χ4n) is 3.85. The van der Waals surface area contributed by atoms with E-state index in [1.165, 1.54) is 0 Å². The third-order valence-electron chi connectivity index (χ3n) is 5.49. The predicted molar refractivity (Wildman–Crippen MR) is 115 cm³/mol. The molecule has 1 fully saturated rings. The molecule has 3 aromatic heterocycles. The number of carbonyl (C=O) groups excluding carboxylic acids is 1. The van der Waals surface area contributed by atoms with Gasteiger partial charge in [0.05, 0.1) is 5.69 Å². The van der Waals surface area contributed by atoms with Crippen LogP contribution in [0.4, 0.5) is 10.6 Å². The molecule has 0 saturated carbocycles. The number of nitrogens with zero attached hydrogens (tertiary/aromatic N) is 5. The van der Waals surface area contributed by atoms with E-state index < -0.39 is 0 Å². The number of aromatic nitrogens is 4. The second kappa shape index (κ2) is 8.10. The molecule has 4 heterocycles. The minimum atomic E-state index is -0.363. The smallest absolute Gasteiger partial charge is 0.314 e. The number of pyridine rings is 1. The predicted octanol–water partition coefficient (Wildman–Crippen LogP) is 1.96. The van der Waals surface area contributed by atoms with Crippen LogP contribution in [0, 0.1) is 0 Å². The van der Waals surface area contributed by atoms with Crippen molar-refractivity contribution < 1.29 is 4.79 Å². The summed E-state index contributed by atoms with van der Waals surface area (Å²) in [4.78, 5) is 22.5. The van der Waals surface area contributed by atoms with E-state index in [2.05, 4.69) is 35.1 Å². The lowest BCUT2D eigenvalue weighted by atomic mass is 9.50. The quantitative estimate of drug-likeness (QED) is 0.648. The first kappa shape index (κ1) is 19.2. The van der Waals surface area contributed by atoms with Crippen LogP contribution in [0.15, 0.2) is 36.8 Å². The number of primary amides is 1. The highest BCUT2D eigenvalue weighted by molar-refractivity contribution is 6.72.